The number of nitrogens with zero attached hydrogens (tertiary/aromatic N) is 3. The van der Waals surface area contributed by atoms with Crippen molar-refractivity contribution in [2.45, 2.75) is 23.6 Å². The smallest absolute Gasteiger partial charge is 0.283 e. The molecule has 0 saturated carbocycles. The number of hydrogen-bond donors (Lipinski definition) is 0. The Bertz CT molecular complexity index is 1060. The highest BCUT2D eigenvalue weighted by molar-refractivity contribution is 7.98. The third kappa shape index (κ3) is 4.30. The van der Waals surface area contributed by atoms with Crippen molar-refractivity contribution in [3.63, 3.8) is 0 Å². The van der Waals surface area contributed by atoms with E-state index < -0.39 is 4.92 Å². The largest absolute Gasteiger partial charge is 0.334 e. The van der Waals surface area contributed by atoms with Gasteiger partial charge in [0.05, 0.1) is 15.5 Å². The Hall–Kier alpha value is -3.19. The number of carbonyl (C=O) groups excluding carboxylic acids is 1. The number of pyridine rings is 1. The predicted octanol–water partition coefficient (Wildman–Crippen LogP) is 4.48. The Balaban J connectivity index is 1.53. The molecule has 1 aliphatic rings. The topological polar surface area (TPSA) is 76.3 Å². The average Bonchev–Trinajstić information content (AvgIpc) is 2.77. The number of hydrogen-bond acceptors (Lipinski definition) is 5. The van der Waals surface area contributed by atoms with Crippen LogP contribution < -0.4 is 0 Å². The molecular formula is C22H19N3O3S. The van der Waals surface area contributed by atoms with Crippen molar-refractivity contribution in [3.8, 4) is 0 Å². The number of aromatic nitrogens is 1. The van der Waals surface area contributed by atoms with Crippen LogP contribution in [-0.2, 0) is 18.7 Å². The number of nitro groups is 1. The zero-order valence-electron chi connectivity index (χ0n) is 15.7. The van der Waals surface area contributed by atoms with E-state index in [-0.39, 0.29) is 11.6 Å². The number of benzene rings is 2. The lowest BCUT2D eigenvalue weighted by Crippen LogP contribution is -2.35. The van der Waals surface area contributed by atoms with E-state index in [1.54, 1.807) is 23.2 Å². The lowest BCUT2D eigenvalue weighted by molar-refractivity contribution is -0.387. The zero-order valence-corrected chi connectivity index (χ0v) is 16.5. The molecule has 0 spiro atoms. The summed E-state index contributed by atoms with van der Waals surface area (Å²) in [5.74, 6) is 0.349. The number of carbonyl (C=O) groups is 1. The zero-order chi connectivity index (χ0) is 20.2. The van der Waals surface area contributed by atoms with Crippen LogP contribution in [0.15, 0.2) is 71.8 Å². The number of thioether (sulfide) groups is 1. The van der Waals surface area contributed by atoms with Gasteiger partial charge in [-0.1, -0.05) is 30.3 Å². The van der Waals surface area contributed by atoms with Crippen LogP contribution in [0.25, 0.3) is 0 Å². The minimum Gasteiger partial charge on any atom is -0.334 e. The second kappa shape index (κ2) is 8.45. The molecule has 29 heavy (non-hydrogen) atoms. The van der Waals surface area contributed by atoms with Gasteiger partial charge in [-0.3, -0.25) is 19.9 Å². The van der Waals surface area contributed by atoms with Crippen LogP contribution in [0.3, 0.4) is 0 Å². The molecule has 0 N–H and O–H groups in total. The van der Waals surface area contributed by atoms with Gasteiger partial charge in [0.1, 0.15) is 0 Å². The van der Waals surface area contributed by atoms with Crippen LogP contribution >= 0.6 is 11.8 Å². The highest BCUT2D eigenvalue weighted by Crippen LogP contribution is 2.32. The van der Waals surface area contributed by atoms with Gasteiger partial charge in [-0.25, -0.2) is 0 Å². The Kier molecular flexibility index (Phi) is 5.57. The summed E-state index contributed by atoms with van der Waals surface area (Å²) in [6.45, 7) is 1.14. The van der Waals surface area contributed by atoms with E-state index in [0.29, 0.717) is 29.3 Å². The van der Waals surface area contributed by atoms with Gasteiger partial charge in [0.2, 0.25) is 0 Å². The van der Waals surface area contributed by atoms with Crippen LogP contribution in [0, 0.1) is 10.1 Å². The van der Waals surface area contributed by atoms with Gasteiger partial charge < -0.3 is 4.90 Å². The van der Waals surface area contributed by atoms with E-state index in [2.05, 4.69) is 11.1 Å². The van der Waals surface area contributed by atoms with E-state index >= 15 is 0 Å². The molecule has 0 fully saturated rings. The monoisotopic (exact) mass is 405 g/mol. The van der Waals surface area contributed by atoms with Crippen molar-refractivity contribution in [2.24, 2.45) is 0 Å². The summed E-state index contributed by atoms with van der Waals surface area (Å²) in [5, 5.41) is 11.6. The molecule has 146 valence electrons. The van der Waals surface area contributed by atoms with Crippen molar-refractivity contribution in [2.75, 3.05) is 6.54 Å². The van der Waals surface area contributed by atoms with Gasteiger partial charge in [-0.2, -0.15) is 0 Å². The molecule has 1 aromatic heterocycles. The lowest BCUT2D eigenvalue weighted by Gasteiger charge is -2.29. The summed E-state index contributed by atoms with van der Waals surface area (Å²) in [6.07, 6.45) is 2.49. The number of nitro benzene ring substituents is 1. The standard InChI is InChI=1S/C22H19N3O3S/c26-22(24-12-10-16-5-1-2-6-18(16)14-24)17-8-9-21(20(13-17)25(27)28)29-15-19-7-3-4-11-23-19/h1-9,11,13H,10,12,14-15H2. The lowest BCUT2D eigenvalue weighted by atomic mass is 9.99. The molecule has 4 rings (SSSR count). The molecule has 7 heteroatoms. The molecule has 2 heterocycles. The predicted molar refractivity (Wildman–Crippen MR) is 112 cm³/mol. The first-order valence-corrected chi connectivity index (χ1v) is 10.3. The van der Waals surface area contributed by atoms with Gasteiger partial charge in [0, 0.05) is 36.7 Å². The van der Waals surface area contributed by atoms with Crippen molar-refractivity contribution in [1.29, 1.82) is 0 Å². The van der Waals surface area contributed by atoms with Crippen LogP contribution in [0.4, 0.5) is 5.69 Å². The third-order valence-corrected chi connectivity index (χ3v) is 6.02. The van der Waals surface area contributed by atoms with Crippen LogP contribution in [0.5, 0.6) is 0 Å². The molecule has 0 aliphatic carbocycles. The summed E-state index contributed by atoms with van der Waals surface area (Å²) in [4.78, 5) is 30.7. The maximum atomic E-state index is 13.0. The van der Waals surface area contributed by atoms with E-state index in [9.17, 15) is 14.9 Å². The van der Waals surface area contributed by atoms with Crippen LogP contribution in [0.2, 0.25) is 0 Å². The van der Waals surface area contributed by atoms with Gasteiger partial charge >= 0.3 is 0 Å². The normalized spacial score (nSPS) is 13.0. The van der Waals surface area contributed by atoms with E-state index in [0.717, 1.165) is 17.7 Å². The molecule has 6 nitrogen and oxygen atoms in total. The van der Waals surface area contributed by atoms with Crippen molar-refractivity contribution in [1.82, 2.24) is 9.88 Å². The molecule has 0 unspecified atom stereocenters. The maximum absolute atomic E-state index is 13.0. The van der Waals surface area contributed by atoms with Gasteiger partial charge in [-0.15, -0.1) is 11.8 Å². The fourth-order valence-corrected chi connectivity index (χ4v) is 4.32. The van der Waals surface area contributed by atoms with Crippen LogP contribution in [-0.4, -0.2) is 27.3 Å². The SMILES string of the molecule is O=C(c1ccc(SCc2ccccn2)c([N+](=O)[O-])c1)N1CCc2ccccc2C1. The Morgan fingerprint density at radius 1 is 1.10 bits per heavy atom. The maximum Gasteiger partial charge on any atom is 0.283 e. The molecule has 0 bridgehead atoms. The molecule has 0 radical (unpaired) electrons. The summed E-state index contributed by atoms with van der Waals surface area (Å²) >= 11 is 1.35. The minimum atomic E-state index is -0.428. The van der Waals surface area contributed by atoms with E-state index in [1.807, 2.05) is 36.4 Å². The number of rotatable bonds is 5. The first kappa shape index (κ1) is 19.1. The first-order chi connectivity index (χ1) is 14.1. The van der Waals surface area contributed by atoms with E-state index in [4.69, 9.17) is 0 Å². The highest BCUT2D eigenvalue weighted by atomic mass is 32.2. The molecule has 3 aromatic rings. The van der Waals surface area contributed by atoms with Crippen molar-refractivity contribution < 1.29 is 9.72 Å². The summed E-state index contributed by atoms with van der Waals surface area (Å²) in [6, 6.07) is 18.4. The third-order valence-electron chi connectivity index (χ3n) is 4.92. The van der Waals surface area contributed by atoms with Crippen molar-refractivity contribution in [3.05, 3.63) is 99.4 Å². The number of amides is 1. The quantitative estimate of drug-likeness (QED) is 0.355. The molecule has 2 aromatic carbocycles. The minimum absolute atomic E-state index is 0.0470. The Morgan fingerprint density at radius 2 is 1.90 bits per heavy atom. The fourth-order valence-electron chi connectivity index (χ4n) is 3.40. The Labute approximate surface area is 172 Å². The van der Waals surface area contributed by atoms with Crippen LogP contribution in [0.1, 0.15) is 27.2 Å². The highest BCUT2D eigenvalue weighted by Gasteiger charge is 2.24. The molecular weight excluding hydrogens is 386 g/mol. The molecule has 0 atom stereocenters. The van der Waals surface area contributed by atoms with Crippen molar-refractivity contribution >= 4 is 23.4 Å². The van der Waals surface area contributed by atoms with Gasteiger partial charge in [0.15, 0.2) is 0 Å². The molecule has 1 aliphatic heterocycles. The number of fused-ring (bicyclic) bond motifs is 1. The summed E-state index contributed by atoms with van der Waals surface area (Å²) < 4.78 is 0. The fraction of sp³-hybridized carbons (Fsp3) is 0.182. The molecule has 1 amide bonds. The summed E-state index contributed by atoms with van der Waals surface area (Å²) in [5.41, 5.74) is 3.53. The first-order valence-electron chi connectivity index (χ1n) is 9.29. The summed E-state index contributed by atoms with van der Waals surface area (Å²) in [7, 11) is 0. The van der Waals surface area contributed by atoms with E-state index in [1.165, 1.54) is 23.4 Å². The van der Waals surface area contributed by atoms with Gasteiger partial charge in [0.25, 0.3) is 11.6 Å². The average molecular weight is 405 g/mol. The second-order valence-corrected chi connectivity index (χ2v) is 7.81. The molecule has 0 saturated heterocycles. The Morgan fingerprint density at radius 3 is 2.66 bits per heavy atom. The second-order valence-electron chi connectivity index (χ2n) is 6.79. The van der Waals surface area contributed by atoms with Gasteiger partial charge in [-0.05, 0) is 41.8 Å².